The van der Waals surface area contributed by atoms with Crippen LogP contribution in [0.4, 0.5) is 16.4 Å². The maximum absolute atomic E-state index is 12.7. The summed E-state index contributed by atoms with van der Waals surface area (Å²) in [5, 5.41) is 6.16. The lowest BCUT2D eigenvalue weighted by atomic mass is 10.1. The predicted octanol–water partition coefficient (Wildman–Crippen LogP) is 3.00. The smallest absolute Gasteiger partial charge is 0.341 e. The number of carbonyl (C=O) groups excluding carboxylic acids is 3. The Morgan fingerprint density at radius 3 is 2.55 bits per heavy atom. The van der Waals surface area contributed by atoms with Crippen molar-refractivity contribution in [2.24, 2.45) is 5.73 Å². The van der Waals surface area contributed by atoms with Crippen molar-refractivity contribution in [3.05, 3.63) is 40.3 Å². The molecule has 2 aromatic rings. The van der Waals surface area contributed by atoms with Crippen molar-refractivity contribution >= 4 is 45.5 Å². The van der Waals surface area contributed by atoms with Gasteiger partial charge >= 0.3 is 5.97 Å². The number of hydrogen-bond acceptors (Lipinski definition) is 8. The molecule has 33 heavy (non-hydrogen) atoms. The van der Waals surface area contributed by atoms with Gasteiger partial charge in [0.1, 0.15) is 11.6 Å². The van der Waals surface area contributed by atoms with Crippen molar-refractivity contribution in [1.82, 2.24) is 0 Å². The molecular formula is C23H30N4O5S. The Hall–Kier alpha value is -3.11. The summed E-state index contributed by atoms with van der Waals surface area (Å²) < 4.78 is 10.1. The Morgan fingerprint density at radius 1 is 1.12 bits per heavy atom. The van der Waals surface area contributed by atoms with Gasteiger partial charge in [-0.05, 0) is 43.9 Å². The molecule has 1 fully saturated rings. The van der Waals surface area contributed by atoms with Gasteiger partial charge in [0.15, 0.2) is 0 Å². The third kappa shape index (κ3) is 6.23. The van der Waals surface area contributed by atoms with Crippen molar-refractivity contribution in [1.29, 1.82) is 0 Å². The largest absolute Gasteiger partial charge is 0.460 e. The number of benzene rings is 1. The molecule has 178 valence electrons. The molecule has 9 nitrogen and oxygen atoms in total. The normalized spacial score (nSPS) is 13.5. The van der Waals surface area contributed by atoms with Crippen LogP contribution in [0, 0.1) is 6.92 Å². The minimum Gasteiger partial charge on any atom is -0.460 e. The Labute approximate surface area is 197 Å². The highest BCUT2D eigenvalue weighted by molar-refractivity contribution is 7.18. The summed E-state index contributed by atoms with van der Waals surface area (Å²) in [5.74, 6) is -1.67. The van der Waals surface area contributed by atoms with Crippen LogP contribution in [0.15, 0.2) is 24.3 Å². The summed E-state index contributed by atoms with van der Waals surface area (Å²) in [6.07, 6.45) is 3.54. The van der Waals surface area contributed by atoms with E-state index in [1.165, 1.54) is 13.5 Å². The molecule has 1 aliphatic heterocycles. The summed E-state index contributed by atoms with van der Waals surface area (Å²) in [6, 6.07) is 7.89. The minimum atomic E-state index is -0.669. The van der Waals surface area contributed by atoms with Gasteiger partial charge in [0, 0.05) is 20.2 Å². The number of nitrogens with two attached hydrogens (primary N) is 1. The molecule has 3 rings (SSSR count). The number of nitrogens with zero attached hydrogens (tertiary/aromatic N) is 1. The molecule has 0 spiro atoms. The van der Waals surface area contributed by atoms with Crippen molar-refractivity contribution in [2.75, 3.05) is 55.5 Å². The molecule has 0 bridgehead atoms. The van der Waals surface area contributed by atoms with Crippen LogP contribution < -0.4 is 21.3 Å². The van der Waals surface area contributed by atoms with Crippen molar-refractivity contribution in [3.8, 4) is 0 Å². The fraction of sp³-hybridized carbons (Fsp3) is 0.435. The molecule has 2 heterocycles. The van der Waals surface area contributed by atoms with E-state index >= 15 is 0 Å². The number of primary amides is 1. The first-order valence-corrected chi connectivity index (χ1v) is 11.7. The highest BCUT2D eigenvalue weighted by Gasteiger charge is 2.26. The highest BCUT2D eigenvalue weighted by Crippen LogP contribution is 2.34. The first-order chi connectivity index (χ1) is 15.9. The van der Waals surface area contributed by atoms with Crippen LogP contribution in [0.2, 0.25) is 0 Å². The highest BCUT2D eigenvalue weighted by atomic mass is 32.1. The van der Waals surface area contributed by atoms with Crippen LogP contribution in [0.5, 0.6) is 0 Å². The Balaban J connectivity index is 1.71. The maximum atomic E-state index is 12.7. The standard InChI is InChI=1S/C23H30N4O5S/c1-15-19(23(30)32-13-12-31-2)22(33-20(15)21(24)29)26-18(28)14-25-16-8-4-5-9-17(16)27-10-6-3-7-11-27/h4-5,8-9,25H,3,6-7,10-14H2,1-2H3,(H2,24,29)(H,26,28). The number of methoxy groups -OCH3 is 1. The average molecular weight is 475 g/mol. The number of para-hydroxylation sites is 2. The summed E-state index contributed by atoms with van der Waals surface area (Å²) in [4.78, 5) is 39.6. The fourth-order valence-electron chi connectivity index (χ4n) is 3.75. The number of hydrogen-bond donors (Lipinski definition) is 3. The van der Waals surface area contributed by atoms with E-state index in [4.69, 9.17) is 15.2 Å². The lowest BCUT2D eigenvalue weighted by molar-refractivity contribution is -0.114. The molecule has 10 heteroatoms. The lowest BCUT2D eigenvalue weighted by Crippen LogP contribution is -2.30. The van der Waals surface area contributed by atoms with E-state index in [-0.39, 0.29) is 41.1 Å². The van der Waals surface area contributed by atoms with E-state index in [0.717, 1.165) is 48.6 Å². The van der Waals surface area contributed by atoms with Crippen LogP contribution in [0.1, 0.15) is 44.9 Å². The number of rotatable bonds is 10. The topological polar surface area (TPSA) is 123 Å². The molecule has 0 radical (unpaired) electrons. The molecule has 0 aliphatic carbocycles. The van der Waals surface area contributed by atoms with Gasteiger partial charge in [0.05, 0.1) is 35.0 Å². The lowest BCUT2D eigenvalue weighted by Gasteiger charge is -2.30. The van der Waals surface area contributed by atoms with E-state index in [1.807, 2.05) is 24.3 Å². The number of carbonyl (C=O) groups is 3. The molecule has 0 saturated carbocycles. The molecule has 4 N–H and O–H groups in total. The summed E-state index contributed by atoms with van der Waals surface area (Å²) in [5.41, 5.74) is 7.89. The van der Waals surface area contributed by atoms with Gasteiger partial charge in [-0.1, -0.05) is 12.1 Å². The average Bonchev–Trinajstić information content (AvgIpc) is 3.14. The number of esters is 1. The second-order valence-corrected chi connectivity index (χ2v) is 8.74. The zero-order valence-electron chi connectivity index (χ0n) is 18.9. The van der Waals surface area contributed by atoms with Crippen LogP contribution in [0.25, 0.3) is 0 Å². The number of thiophene rings is 1. The monoisotopic (exact) mass is 474 g/mol. The second-order valence-electron chi connectivity index (χ2n) is 7.72. The Bertz CT molecular complexity index is 1000. The van der Waals surface area contributed by atoms with Crippen molar-refractivity contribution in [2.45, 2.75) is 26.2 Å². The first-order valence-electron chi connectivity index (χ1n) is 10.9. The van der Waals surface area contributed by atoms with Crippen LogP contribution in [-0.2, 0) is 14.3 Å². The molecule has 1 aromatic heterocycles. The van der Waals surface area contributed by atoms with E-state index < -0.39 is 11.9 Å². The second kappa shape index (κ2) is 11.7. The Kier molecular flexibility index (Phi) is 8.67. The van der Waals surface area contributed by atoms with E-state index in [2.05, 4.69) is 15.5 Å². The summed E-state index contributed by atoms with van der Waals surface area (Å²) in [6.45, 7) is 3.87. The molecule has 2 amide bonds. The number of amides is 2. The third-order valence-corrected chi connectivity index (χ3v) is 6.61. The van der Waals surface area contributed by atoms with Gasteiger partial charge in [-0.2, -0.15) is 0 Å². The van der Waals surface area contributed by atoms with Crippen molar-refractivity contribution in [3.63, 3.8) is 0 Å². The van der Waals surface area contributed by atoms with Crippen molar-refractivity contribution < 1.29 is 23.9 Å². The molecule has 0 unspecified atom stereocenters. The molecule has 1 aromatic carbocycles. The number of ether oxygens (including phenoxy) is 2. The van der Waals surface area contributed by atoms with Gasteiger partial charge in [0.2, 0.25) is 5.91 Å². The third-order valence-electron chi connectivity index (χ3n) is 5.39. The SMILES string of the molecule is COCCOC(=O)c1c(NC(=O)CNc2ccccc2N2CCCCC2)sc(C(N)=O)c1C. The van der Waals surface area contributed by atoms with Crippen LogP contribution >= 0.6 is 11.3 Å². The van der Waals surface area contributed by atoms with E-state index in [9.17, 15) is 14.4 Å². The molecule has 1 aliphatic rings. The first kappa shape index (κ1) is 24.5. The van der Waals surface area contributed by atoms with Gasteiger partial charge in [-0.15, -0.1) is 11.3 Å². The van der Waals surface area contributed by atoms with E-state index in [1.54, 1.807) is 6.92 Å². The fourth-order valence-corrected chi connectivity index (χ4v) is 4.82. The Morgan fingerprint density at radius 2 is 1.85 bits per heavy atom. The predicted molar refractivity (Wildman–Crippen MR) is 129 cm³/mol. The molecular weight excluding hydrogens is 444 g/mol. The molecule has 1 saturated heterocycles. The number of piperidine rings is 1. The zero-order chi connectivity index (χ0) is 23.8. The number of anilines is 3. The summed E-state index contributed by atoms with van der Waals surface area (Å²) in [7, 11) is 1.50. The van der Waals surface area contributed by atoms with Gasteiger partial charge in [0.25, 0.3) is 5.91 Å². The summed E-state index contributed by atoms with van der Waals surface area (Å²) >= 11 is 0.963. The number of nitrogens with one attached hydrogen (secondary N) is 2. The maximum Gasteiger partial charge on any atom is 0.341 e. The molecule has 0 atom stereocenters. The zero-order valence-corrected chi connectivity index (χ0v) is 19.8. The van der Waals surface area contributed by atoms with Crippen LogP contribution in [-0.4, -0.2) is 57.7 Å². The van der Waals surface area contributed by atoms with Gasteiger partial charge in [-0.25, -0.2) is 4.79 Å². The van der Waals surface area contributed by atoms with Gasteiger partial charge < -0.3 is 30.7 Å². The minimum absolute atomic E-state index is 0.00807. The van der Waals surface area contributed by atoms with Gasteiger partial charge in [-0.3, -0.25) is 9.59 Å². The van der Waals surface area contributed by atoms with E-state index in [0.29, 0.717) is 5.56 Å². The van der Waals surface area contributed by atoms with Crippen LogP contribution in [0.3, 0.4) is 0 Å². The quantitative estimate of drug-likeness (QED) is 0.357.